The molecule has 2 N–H and O–H groups in total. The van der Waals surface area contributed by atoms with Gasteiger partial charge in [0.1, 0.15) is 6.04 Å². The predicted molar refractivity (Wildman–Crippen MR) is 75.0 cm³/mol. The molecule has 3 aliphatic rings. The summed E-state index contributed by atoms with van der Waals surface area (Å²) < 4.78 is 5.35. The lowest BCUT2D eigenvalue weighted by Crippen LogP contribution is -2.50. The Labute approximate surface area is 124 Å². The van der Waals surface area contributed by atoms with E-state index in [2.05, 4.69) is 10.2 Å². The smallest absolute Gasteiger partial charge is 0.326 e. The number of rotatable bonds is 4. The average molecular weight is 297 g/mol. The van der Waals surface area contributed by atoms with Crippen LogP contribution in [0.1, 0.15) is 19.3 Å². The molecule has 0 bridgehead atoms. The second-order valence-corrected chi connectivity index (χ2v) is 6.14. The summed E-state index contributed by atoms with van der Waals surface area (Å²) in [5.41, 5.74) is 0. The Hall–Kier alpha value is -1.34. The minimum Gasteiger partial charge on any atom is -0.480 e. The molecule has 2 atom stereocenters. The maximum atomic E-state index is 12.2. The van der Waals surface area contributed by atoms with Crippen molar-refractivity contribution < 1.29 is 19.4 Å². The third-order valence-corrected chi connectivity index (χ3v) is 4.65. The van der Waals surface area contributed by atoms with E-state index in [4.69, 9.17) is 4.74 Å². The lowest BCUT2D eigenvalue weighted by molar-refractivity contribution is -0.139. The molecule has 2 heterocycles. The number of urea groups is 1. The van der Waals surface area contributed by atoms with Crippen LogP contribution in [0.2, 0.25) is 0 Å². The van der Waals surface area contributed by atoms with Crippen molar-refractivity contribution in [3.8, 4) is 0 Å². The van der Waals surface area contributed by atoms with Gasteiger partial charge in [0.2, 0.25) is 0 Å². The fraction of sp³-hybridized carbons (Fsp3) is 0.857. The van der Waals surface area contributed by atoms with Crippen LogP contribution in [0, 0.1) is 5.92 Å². The van der Waals surface area contributed by atoms with Gasteiger partial charge < -0.3 is 20.1 Å². The largest absolute Gasteiger partial charge is 0.480 e. The molecular weight excluding hydrogens is 274 g/mol. The molecule has 2 amide bonds. The van der Waals surface area contributed by atoms with Crippen molar-refractivity contribution in [2.45, 2.75) is 31.3 Å². The lowest BCUT2D eigenvalue weighted by atomic mass is 10.2. The van der Waals surface area contributed by atoms with Gasteiger partial charge in [0.15, 0.2) is 0 Å². The molecule has 0 aromatic carbocycles. The quantitative estimate of drug-likeness (QED) is 0.761. The first-order chi connectivity index (χ1) is 10.1. The van der Waals surface area contributed by atoms with Gasteiger partial charge in [-0.1, -0.05) is 0 Å². The first kappa shape index (κ1) is 14.6. The number of carboxylic acid groups (broad SMARTS) is 1. The van der Waals surface area contributed by atoms with Crippen molar-refractivity contribution in [3.63, 3.8) is 0 Å². The highest BCUT2D eigenvalue weighted by atomic mass is 16.5. The van der Waals surface area contributed by atoms with Crippen LogP contribution in [0.15, 0.2) is 0 Å². The van der Waals surface area contributed by atoms with Crippen LogP contribution in [0.4, 0.5) is 4.79 Å². The second-order valence-electron chi connectivity index (χ2n) is 6.14. The summed E-state index contributed by atoms with van der Waals surface area (Å²) in [5.74, 6) is -0.807. The van der Waals surface area contributed by atoms with Crippen LogP contribution in [0.5, 0.6) is 0 Å². The Morgan fingerprint density at radius 2 is 1.86 bits per heavy atom. The Balaban J connectivity index is 1.50. The van der Waals surface area contributed by atoms with Gasteiger partial charge >= 0.3 is 12.0 Å². The van der Waals surface area contributed by atoms with Crippen molar-refractivity contribution >= 4 is 12.0 Å². The van der Waals surface area contributed by atoms with Crippen LogP contribution >= 0.6 is 0 Å². The lowest BCUT2D eigenvalue weighted by Gasteiger charge is -2.32. The van der Waals surface area contributed by atoms with Crippen molar-refractivity contribution in [1.82, 2.24) is 15.1 Å². The zero-order valence-electron chi connectivity index (χ0n) is 12.2. The molecule has 118 valence electrons. The molecule has 2 unspecified atom stereocenters. The molecule has 1 aliphatic carbocycles. The highest BCUT2D eigenvalue weighted by molar-refractivity contribution is 5.83. The number of ether oxygens (including phenoxy) is 1. The second kappa shape index (κ2) is 6.19. The van der Waals surface area contributed by atoms with Gasteiger partial charge in [-0.3, -0.25) is 4.90 Å². The fourth-order valence-electron chi connectivity index (χ4n) is 3.20. The van der Waals surface area contributed by atoms with E-state index in [0.29, 0.717) is 19.1 Å². The monoisotopic (exact) mass is 297 g/mol. The van der Waals surface area contributed by atoms with Crippen LogP contribution in [0.25, 0.3) is 0 Å². The Morgan fingerprint density at radius 3 is 2.48 bits per heavy atom. The Morgan fingerprint density at radius 1 is 1.14 bits per heavy atom. The molecule has 0 spiro atoms. The highest BCUT2D eigenvalue weighted by Gasteiger charge is 2.39. The molecule has 7 heteroatoms. The van der Waals surface area contributed by atoms with Crippen molar-refractivity contribution in [1.29, 1.82) is 0 Å². The standard InChI is InChI=1S/C14H23N3O4/c18-13(19)12(10-1-2-10)15-14(20)17-4-3-11(9-17)16-5-7-21-8-6-16/h10-12H,1-9H2,(H,15,20)(H,18,19). The molecular formula is C14H23N3O4. The van der Waals surface area contributed by atoms with Gasteiger partial charge in [-0.25, -0.2) is 9.59 Å². The summed E-state index contributed by atoms with van der Waals surface area (Å²) in [4.78, 5) is 27.5. The normalized spacial score (nSPS) is 28.4. The number of carboxylic acids is 1. The van der Waals surface area contributed by atoms with E-state index >= 15 is 0 Å². The summed E-state index contributed by atoms with van der Waals surface area (Å²) in [5, 5.41) is 11.9. The summed E-state index contributed by atoms with van der Waals surface area (Å²) >= 11 is 0. The van der Waals surface area contributed by atoms with Crippen LogP contribution in [-0.2, 0) is 9.53 Å². The summed E-state index contributed by atoms with van der Waals surface area (Å²) in [7, 11) is 0. The first-order valence-corrected chi connectivity index (χ1v) is 7.75. The minimum absolute atomic E-state index is 0.115. The summed E-state index contributed by atoms with van der Waals surface area (Å²) in [6, 6.07) is -0.575. The Bertz CT molecular complexity index is 407. The van der Waals surface area contributed by atoms with Gasteiger partial charge in [-0.05, 0) is 25.2 Å². The molecule has 0 radical (unpaired) electrons. The van der Waals surface area contributed by atoms with Gasteiger partial charge in [-0.15, -0.1) is 0 Å². The number of likely N-dealkylation sites (tertiary alicyclic amines) is 1. The van der Waals surface area contributed by atoms with E-state index in [1.807, 2.05) is 0 Å². The van der Waals surface area contributed by atoms with E-state index in [1.165, 1.54) is 0 Å². The molecule has 3 fully saturated rings. The number of hydrogen-bond donors (Lipinski definition) is 2. The van der Waals surface area contributed by atoms with Gasteiger partial charge in [0.25, 0.3) is 0 Å². The topological polar surface area (TPSA) is 82.1 Å². The summed E-state index contributed by atoms with van der Waals surface area (Å²) in [6.45, 7) is 4.73. The van der Waals surface area contributed by atoms with Crippen LogP contribution in [0.3, 0.4) is 0 Å². The third-order valence-electron chi connectivity index (χ3n) is 4.65. The van der Waals surface area contributed by atoms with E-state index in [0.717, 1.165) is 45.6 Å². The number of aliphatic carboxylic acids is 1. The molecule has 2 saturated heterocycles. The highest BCUT2D eigenvalue weighted by Crippen LogP contribution is 2.33. The van der Waals surface area contributed by atoms with Crippen molar-refractivity contribution in [2.24, 2.45) is 5.92 Å². The average Bonchev–Trinajstić information content (AvgIpc) is 3.20. The molecule has 3 rings (SSSR count). The molecule has 0 aromatic heterocycles. The number of nitrogens with one attached hydrogen (secondary N) is 1. The maximum absolute atomic E-state index is 12.2. The minimum atomic E-state index is -0.922. The van der Waals surface area contributed by atoms with E-state index in [-0.39, 0.29) is 11.9 Å². The van der Waals surface area contributed by atoms with E-state index in [1.54, 1.807) is 4.90 Å². The SMILES string of the molecule is O=C(O)C(NC(=O)N1CCC(N2CCOCC2)C1)C1CC1. The zero-order valence-corrected chi connectivity index (χ0v) is 12.2. The van der Waals surface area contributed by atoms with Gasteiger partial charge in [-0.2, -0.15) is 0 Å². The molecule has 21 heavy (non-hydrogen) atoms. The van der Waals surface area contributed by atoms with E-state index in [9.17, 15) is 14.7 Å². The van der Waals surface area contributed by atoms with Crippen LogP contribution < -0.4 is 5.32 Å². The van der Waals surface area contributed by atoms with Crippen LogP contribution in [-0.4, -0.2) is 78.4 Å². The number of amides is 2. The molecule has 0 aromatic rings. The van der Waals surface area contributed by atoms with Gasteiger partial charge in [0, 0.05) is 32.2 Å². The van der Waals surface area contributed by atoms with Crippen molar-refractivity contribution in [2.75, 3.05) is 39.4 Å². The first-order valence-electron chi connectivity index (χ1n) is 7.75. The molecule has 1 saturated carbocycles. The van der Waals surface area contributed by atoms with E-state index < -0.39 is 12.0 Å². The number of carbonyl (C=O) groups excluding carboxylic acids is 1. The maximum Gasteiger partial charge on any atom is 0.326 e. The Kier molecular flexibility index (Phi) is 4.30. The van der Waals surface area contributed by atoms with Gasteiger partial charge in [0.05, 0.1) is 13.2 Å². The molecule has 2 aliphatic heterocycles. The number of morpholine rings is 1. The summed E-state index contributed by atoms with van der Waals surface area (Å²) in [6.07, 6.45) is 2.75. The third kappa shape index (κ3) is 3.47. The fourth-order valence-corrected chi connectivity index (χ4v) is 3.20. The number of nitrogens with zero attached hydrogens (tertiary/aromatic N) is 2. The zero-order chi connectivity index (χ0) is 14.8. The number of carbonyl (C=O) groups is 2. The predicted octanol–water partition coefficient (Wildman–Crippen LogP) is -0.0343. The van der Waals surface area contributed by atoms with Crippen molar-refractivity contribution in [3.05, 3.63) is 0 Å². The molecule has 7 nitrogen and oxygen atoms in total. The number of hydrogen-bond acceptors (Lipinski definition) is 4.